The van der Waals surface area contributed by atoms with E-state index in [1.54, 1.807) is 6.07 Å². The number of nitrogens with zero attached hydrogens (tertiary/aromatic N) is 1. The topological polar surface area (TPSA) is 59.9 Å². The Morgan fingerprint density at radius 3 is 2.52 bits per heavy atom. The summed E-state index contributed by atoms with van der Waals surface area (Å²) in [7, 11) is 0. The van der Waals surface area contributed by atoms with Crippen molar-refractivity contribution in [1.82, 2.24) is 5.43 Å². The number of amides is 1. The molecule has 0 atom stereocenters. The molecule has 3 rings (SSSR count). The molecule has 1 amide bonds. The van der Waals surface area contributed by atoms with Crippen molar-refractivity contribution in [2.45, 2.75) is 13.5 Å². The molecule has 0 unspecified atom stereocenters. The zero-order valence-electron chi connectivity index (χ0n) is 16.6. The molecule has 0 aliphatic heterocycles. The van der Waals surface area contributed by atoms with Gasteiger partial charge >= 0.3 is 0 Å². The van der Waals surface area contributed by atoms with Gasteiger partial charge in [-0.15, -0.1) is 0 Å². The number of hydrazone groups is 1. The largest absolute Gasteiger partial charge is 0.490 e. The molecule has 0 spiro atoms. The first-order chi connectivity index (χ1) is 15.0. The Morgan fingerprint density at radius 1 is 1.13 bits per heavy atom. The molecule has 8 heteroatoms. The van der Waals surface area contributed by atoms with Gasteiger partial charge in [0.2, 0.25) is 0 Å². The summed E-state index contributed by atoms with van der Waals surface area (Å²) in [5.41, 5.74) is 4.53. The van der Waals surface area contributed by atoms with Crippen LogP contribution in [0.2, 0.25) is 0 Å². The van der Waals surface area contributed by atoms with Gasteiger partial charge in [-0.25, -0.2) is 9.82 Å². The minimum atomic E-state index is -0.426. The number of nitrogens with one attached hydrogen (secondary N) is 1. The first-order valence-corrected chi connectivity index (χ1v) is 11.3. The van der Waals surface area contributed by atoms with Crippen molar-refractivity contribution in [2.24, 2.45) is 5.10 Å². The Kier molecular flexibility index (Phi) is 8.42. The lowest BCUT2D eigenvalue weighted by molar-refractivity contribution is 0.0955. The van der Waals surface area contributed by atoms with Gasteiger partial charge in [0.1, 0.15) is 12.4 Å². The average molecular weight is 597 g/mol. The summed E-state index contributed by atoms with van der Waals surface area (Å²) in [6.45, 7) is 2.78. The Bertz CT molecular complexity index is 1070. The standard InChI is InChI=1S/C23H19BrFIN2O3/c1-2-30-21-12-16(13-27-28-23(29)17-5-9-19(25)10-6-17)11-20(26)22(21)31-14-15-3-7-18(24)8-4-15/h3-13H,2,14H2,1H3,(H,28,29)/b27-13-. The molecule has 0 saturated heterocycles. The second-order valence-electron chi connectivity index (χ2n) is 6.38. The second kappa shape index (κ2) is 11.2. The van der Waals surface area contributed by atoms with Crippen molar-refractivity contribution < 1.29 is 18.7 Å². The number of ether oxygens (including phenoxy) is 2. The molecule has 0 fully saturated rings. The fourth-order valence-electron chi connectivity index (χ4n) is 2.63. The molecule has 0 aliphatic carbocycles. The molecular formula is C23H19BrFIN2O3. The van der Waals surface area contributed by atoms with E-state index in [2.05, 4.69) is 49.0 Å². The predicted molar refractivity (Wildman–Crippen MR) is 130 cm³/mol. The number of carbonyl (C=O) groups is 1. The third-order valence-electron chi connectivity index (χ3n) is 4.11. The lowest BCUT2D eigenvalue weighted by Gasteiger charge is -2.15. The van der Waals surface area contributed by atoms with Crippen molar-refractivity contribution in [2.75, 3.05) is 6.61 Å². The molecule has 31 heavy (non-hydrogen) atoms. The van der Waals surface area contributed by atoms with Gasteiger partial charge in [0.25, 0.3) is 5.91 Å². The minimum Gasteiger partial charge on any atom is -0.490 e. The molecule has 3 aromatic carbocycles. The van der Waals surface area contributed by atoms with Gasteiger partial charge in [-0.05, 0) is 89.2 Å². The Labute approximate surface area is 201 Å². The second-order valence-corrected chi connectivity index (χ2v) is 8.46. The van der Waals surface area contributed by atoms with E-state index in [4.69, 9.17) is 9.47 Å². The van der Waals surface area contributed by atoms with Crippen molar-refractivity contribution >= 4 is 50.6 Å². The van der Waals surface area contributed by atoms with Crippen LogP contribution in [0.1, 0.15) is 28.4 Å². The van der Waals surface area contributed by atoms with Gasteiger partial charge in [0.15, 0.2) is 11.5 Å². The maximum atomic E-state index is 13.0. The number of carbonyl (C=O) groups excluding carboxylic acids is 1. The van der Waals surface area contributed by atoms with Gasteiger partial charge in [0, 0.05) is 10.0 Å². The van der Waals surface area contributed by atoms with Crippen molar-refractivity contribution in [1.29, 1.82) is 0 Å². The minimum absolute atomic E-state index is 0.319. The van der Waals surface area contributed by atoms with Gasteiger partial charge in [-0.2, -0.15) is 5.10 Å². The quantitative estimate of drug-likeness (QED) is 0.199. The smallest absolute Gasteiger partial charge is 0.271 e. The summed E-state index contributed by atoms with van der Waals surface area (Å²) in [4.78, 5) is 12.1. The molecule has 1 N–H and O–H groups in total. The third kappa shape index (κ3) is 6.76. The summed E-state index contributed by atoms with van der Waals surface area (Å²) in [5, 5.41) is 3.99. The third-order valence-corrected chi connectivity index (χ3v) is 5.44. The summed E-state index contributed by atoms with van der Waals surface area (Å²) in [6.07, 6.45) is 1.52. The molecular weight excluding hydrogens is 578 g/mol. The molecule has 0 bridgehead atoms. The van der Waals surface area contributed by atoms with Crippen LogP contribution >= 0.6 is 38.5 Å². The van der Waals surface area contributed by atoms with E-state index in [9.17, 15) is 9.18 Å². The van der Waals surface area contributed by atoms with E-state index >= 15 is 0 Å². The van der Waals surface area contributed by atoms with Gasteiger partial charge in [-0.1, -0.05) is 28.1 Å². The average Bonchev–Trinajstić information content (AvgIpc) is 2.75. The highest BCUT2D eigenvalue weighted by Gasteiger charge is 2.12. The summed E-state index contributed by atoms with van der Waals surface area (Å²) < 4.78 is 26.6. The monoisotopic (exact) mass is 596 g/mol. The SMILES string of the molecule is CCOc1cc(/C=N\NC(=O)c2ccc(F)cc2)cc(I)c1OCc1ccc(Br)cc1. The molecule has 0 aromatic heterocycles. The van der Waals surface area contributed by atoms with Crippen molar-refractivity contribution in [3.05, 3.63) is 91.2 Å². The van der Waals surface area contributed by atoms with Crippen LogP contribution < -0.4 is 14.9 Å². The van der Waals surface area contributed by atoms with Crippen LogP contribution in [0.5, 0.6) is 11.5 Å². The highest BCUT2D eigenvalue weighted by molar-refractivity contribution is 14.1. The normalized spacial score (nSPS) is 10.8. The fraction of sp³-hybridized carbons (Fsp3) is 0.130. The Hall–Kier alpha value is -2.46. The molecule has 160 valence electrons. The highest BCUT2D eigenvalue weighted by atomic mass is 127. The first-order valence-electron chi connectivity index (χ1n) is 9.39. The van der Waals surface area contributed by atoms with E-state index in [-0.39, 0.29) is 0 Å². The summed E-state index contributed by atoms with van der Waals surface area (Å²) >= 11 is 5.60. The van der Waals surface area contributed by atoms with E-state index in [0.29, 0.717) is 30.3 Å². The van der Waals surface area contributed by atoms with Crippen LogP contribution in [0.25, 0.3) is 0 Å². The molecule has 0 radical (unpaired) electrons. The van der Waals surface area contributed by atoms with E-state index in [1.165, 1.54) is 30.5 Å². The number of benzene rings is 3. The maximum Gasteiger partial charge on any atom is 0.271 e. The van der Waals surface area contributed by atoms with Crippen LogP contribution in [0.4, 0.5) is 4.39 Å². The predicted octanol–water partition coefficient (Wildman–Crippen LogP) is 5.93. The maximum absolute atomic E-state index is 13.0. The molecule has 0 heterocycles. The zero-order chi connectivity index (χ0) is 22.2. The van der Waals surface area contributed by atoms with Gasteiger partial charge < -0.3 is 9.47 Å². The number of rotatable bonds is 8. The van der Waals surface area contributed by atoms with Crippen LogP contribution in [0, 0.1) is 9.39 Å². The molecule has 0 aliphatic rings. The molecule has 0 saturated carbocycles. The fourth-order valence-corrected chi connectivity index (χ4v) is 3.68. The first kappa shape index (κ1) is 23.2. The van der Waals surface area contributed by atoms with E-state index < -0.39 is 11.7 Å². The van der Waals surface area contributed by atoms with Gasteiger partial charge in [0.05, 0.1) is 16.4 Å². The van der Waals surface area contributed by atoms with Crippen LogP contribution in [-0.2, 0) is 6.61 Å². The Morgan fingerprint density at radius 2 is 1.84 bits per heavy atom. The number of hydrogen-bond donors (Lipinski definition) is 1. The van der Waals surface area contributed by atoms with Gasteiger partial charge in [-0.3, -0.25) is 4.79 Å². The van der Waals surface area contributed by atoms with Crippen molar-refractivity contribution in [3.63, 3.8) is 0 Å². The Balaban J connectivity index is 1.71. The molecule has 5 nitrogen and oxygen atoms in total. The van der Waals surface area contributed by atoms with E-state index in [1.807, 2.05) is 37.3 Å². The van der Waals surface area contributed by atoms with Crippen LogP contribution in [0.15, 0.2) is 70.2 Å². The summed E-state index contributed by atoms with van der Waals surface area (Å²) in [5.74, 6) is 0.418. The zero-order valence-corrected chi connectivity index (χ0v) is 20.3. The number of hydrogen-bond acceptors (Lipinski definition) is 4. The summed E-state index contributed by atoms with van der Waals surface area (Å²) in [6, 6.07) is 16.8. The highest BCUT2D eigenvalue weighted by Crippen LogP contribution is 2.34. The number of halogens is 3. The van der Waals surface area contributed by atoms with Crippen LogP contribution in [0.3, 0.4) is 0 Å². The lowest BCUT2D eigenvalue weighted by Crippen LogP contribution is -2.17. The van der Waals surface area contributed by atoms with E-state index in [0.717, 1.165) is 19.2 Å². The van der Waals surface area contributed by atoms with Crippen LogP contribution in [-0.4, -0.2) is 18.7 Å². The van der Waals surface area contributed by atoms with Crippen molar-refractivity contribution in [3.8, 4) is 11.5 Å². The molecule has 3 aromatic rings. The lowest BCUT2D eigenvalue weighted by atomic mass is 10.2.